The minimum atomic E-state index is 0.188. The van der Waals surface area contributed by atoms with E-state index >= 15 is 0 Å². The molecule has 0 aromatic carbocycles. The molecule has 2 rings (SSSR count). The summed E-state index contributed by atoms with van der Waals surface area (Å²) >= 11 is 0. The lowest BCUT2D eigenvalue weighted by atomic mass is 9.76. The molecule has 2 heteroatoms. The Kier molecular flexibility index (Phi) is 1.69. The van der Waals surface area contributed by atoms with Gasteiger partial charge in [-0.15, -0.1) is 0 Å². The van der Waals surface area contributed by atoms with Gasteiger partial charge >= 0.3 is 0 Å². The maximum absolute atomic E-state index is 6.31. The van der Waals surface area contributed by atoms with Crippen molar-refractivity contribution >= 4 is 0 Å². The Labute approximate surface area is 68.7 Å². The molecule has 1 aliphatic heterocycles. The molecule has 2 aliphatic rings. The fourth-order valence-electron chi connectivity index (χ4n) is 2.76. The van der Waals surface area contributed by atoms with Gasteiger partial charge < -0.3 is 10.6 Å². The number of likely N-dealkylation sites (N-methyl/N-ethyl adjacent to an activating group) is 1. The number of nitrogens with zero attached hydrogens (tertiary/aromatic N) is 1. The van der Waals surface area contributed by atoms with Crippen LogP contribution in [0.5, 0.6) is 0 Å². The predicted molar refractivity (Wildman–Crippen MR) is 46.4 cm³/mol. The van der Waals surface area contributed by atoms with Crippen molar-refractivity contribution in [2.75, 3.05) is 20.1 Å². The number of fused-ring (bicyclic) bond motifs is 1. The molecular weight excluding hydrogens is 136 g/mol. The van der Waals surface area contributed by atoms with E-state index in [4.69, 9.17) is 5.73 Å². The van der Waals surface area contributed by atoms with Gasteiger partial charge in [0.2, 0.25) is 0 Å². The molecule has 2 unspecified atom stereocenters. The number of hydrogen-bond acceptors (Lipinski definition) is 2. The summed E-state index contributed by atoms with van der Waals surface area (Å²) in [5.74, 6) is 0.793. The van der Waals surface area contributed by atoms with Gasteiger partial charge in [-0.1, -0.05) is 12.8 Å². The van der Waals surface area contributed by atoms with Crippen molar-refractivity contribution in [3.8, 4) is 0 Å². The topological polar surface area (TPSA) is 29.3 Å². The van der Waals surface area contributed by atoms with Crippen molar-refractivity contribution in [1.29, 1.82) is 0 Å². The molecule has 11 heavy (non-hydrogen) atoms. The minimum Gasteiger partial charge on any atom is -0.324 e. The second-order valence-corrected chi connectivity index (χ2v) is 4.37. The Morgan fingerprint density at radius 1 is 1.45 bits per heavy atom. The van der Waals surface area contributed by atoms with E-state index in [2.05, 4.69) is 11.9 Å². The molecule has 64 valence electrons. The summed E-state index contributed by atoms with van der Waals surface area (Å²) in [7, 11) is 2.19. The van der Waals surface area contributed by atoms with Crippen LogP contribution in [0.2, 0.25) is 0 Å². The molecule has 2 atom stereocenters. The average molecular weight is 154 g/mol. The average Bonchev–Trinajstić information content (AvgIpc) is 2.22. The Morgan fingerprint density at radius 3 is 3.00 bits per heavy atom. The normalized spacial score (nSPS) is 45.8. The zero-order chi connectivity index (χ0) is 7.90. The van der Waals surface area contributed by atoms with Gasteiger partial charge in [-0.2, -0.15) is 0 Å². The van der Waals surface area contributed by atoms with Crippen LogP contribution in [0.1, 0.15) is 25.7 Å². The van der Waals surface area contributed by atoms with Crippen LogP contribution in [0.3, 0.4) is 0 Å². The molecule has 0 radical (unpaired) electrons. The molecule has 2 fully saturated rings. The third-order valence-electron chi connectivity index (χ3n) is 3.35. The standard InChI is InChI=1S/C9H18N2/c1-11-6-8-4-2-3-5-9(8,10)7-11/h8H,2-7,10H2,1H3. The highest BCUT2D eigenvalue weighted by Gasteiger charge is 2.43. The van der Waals surface area contributed by atoms with Crippen LogP contribution in [0.15, 0.2) is 0 Å². The lowest BCUT2D eigenvalue weighted by Gasteiger charge is -2.34. The molecule has 0 amide bonds. The van der Waals surface area contributed by atoms with Crippen molar-refractivity contribution in [1.82, 2.24) is 4.90 Å². The second-order valence-electron chi connectivity index (χ2n) is 4.37. The van der Waals surface area contributed by atoms with Crippen molar-refractivity contribution < 1.29 is 0 Å². The molecule has 2 N–H and O–H groups in total. The molecule has 0 aromatic heterocycles. The maximum atomic E-state index is 6.31. The number of nitrogens with two attached hydrogens (primary N) is 1. The summed E-state index contributed by atoms with van der Waals surface area (Å²) in [6, 6.07) is 0. The van der Waals surface area contributed by atoms with Crippen molar-refractivity contribution in [3.05, 3.63) is 0 Å². The molecule has 1 saturated carbocycles. The van der Waals surface area contributed by atoms with Gasteiger partial charge in [0.1, 0.15) is 0 Å². The molecule has 1 aliphatic carbocycles. The van der Waals surface area contributed by atoms with Crippen LogP contribution < -0.4 is 5.73 Å². The third-order valence-corrected chi connectivity index (χ3v) is 3.35. The zero-order valence-electron chi connectivity index (χ0n) is 7.34. The fraction of sp³-hybridized carbons (Fsp3) is 1.00. The summed E-state index contributed by atoms with van der Waals surface area (Å²) in [5, 5.41) is 0. The molecule has 1 heterocycles. The minimum absolute atomic E-state index is 0.188. The first-order valence-corrected chi connectivity index (χ1v) is 4.68. The van der Waals surface area contributed by atoms with Crippen molar-refractivity contribution in [3.63, 3.8) is 0 Å². The summed E-state index contributed by atoms with van der Waals surface area (Å²) in [6.07, 6.45) is 5.36. The molecular formula is C9H18N2. The summed E-state index contributed by atoms with van der Waals surface area (Å²) in [4.78, 5) is 2.38. The molecule has 2 nitrogen and oxygen atoms in total. The molecule has 0 bridgehead atoms. The van der Waals surface area contributed by atoms with Crippen molar-refractivity contribution in [2.45, 2.75) is 31.2 Å². The van der Waals surface area contributed by atoms with Gasteiger partial charge in [0.25, 0.3) is 0 Å². The van der Waals surface area contributed by atoms with Crippen LogP contribution in [-0.2, 0) is 0 Å². The first-order valence-electron chi connectivity index (χ1n) is 4.68. The SMILES string of the molecule is CN1CC2CCCCC2(N)C1. The number of rotatable bonds is 0. The maximum Gasteiger partial charge on any atom is 0.0324 e. The fourth-order valence-corrected chi connectivity index (χ4v) is 2.76. The van der Waals surface area contributed by atoms with E-state index < -0.39 is 0 Å². The van der Waals surface area contributed by atoms with E-state index in [-0.39, 0.29) is 5.54 Å². The lowest BCUT2D eigenvalue weighted by molar-refractivity contribution is 0.246. The van der Waals surface area contributed by atoms with Crippen LogP contribution in [0, 0.1) is 5.92 Å². The van der Waals surface area contributed by atoms with Crippen molar-refractivity contribution in [2.24, 2.45) is 11.7 Å². The summed E-state index contributed by atoms with van der Waals surface area (Å²) in [5.41, 5.74) is 6.50. The number of likely N-dealkylation sites (tertiary alicyclic amines) is 1. The van der Waals surface area contributed by atoms with Gasteiger partial charge in [0.05, 0.1) is 0 Å². The Balaban J connectivity index is 2.11. The van der Waals surface area contributed by atoms with Crippen LogP contribution in [0.25, 0.3) is 0 Å². The van der Waals surface area contributed by atoms with Gasteiger partial charge in [-0.25, -0.2) is 0 Å². The summed E-state index contributed by atoms with van der Waals surface area (Å²) in [6.45, 7) is 2.36. The number of hydrogen-bond donors (Lipinski definition) is 1. The second kappa shape index (κ2) is 2.46. The zero-order valence-corrected chi connectivity index (χ0v) is 7.34. The van der Waals surface area contributed by atoms with Gasteiger partial charge in [0.15, 0.2) is 0 Å². The Morgan fingerprint density at radius 2 is 2.27 bits per heavy atom. The lowest BCUT2D eigenvalue weighted by Crippen LogP contribution is -2.49. The highest BCUT2D eigenvalue weighted by molar-refractivity contribution is 5.02. The van der Waals surface area contributed by atoms with Crippen LogP contribution in [0.4, 0.5) is 0 Å². The van der Waals surface area contributed by atoms with E-state index in [1.165, 1.54) is 32.2 Å². The van der Waals surface area contributed by atoms with Gasteiger partial charge in [-0.05, 0) is 25.8 Å². The van der Waals surface area contributed by atoms with E-state index in [1.54, 1.807) is 0 Å². The Bertz CT molecular complexity index is 158. The third kappa shape index (κ3) is 1.18. The first kappa shape index (κ1) is 7.56. The molecule has 0 spiro atoms. The van der Waals surface area contributed by atoms with Crippen LogP contribution in [-0.4, -0.2) is 30.6 Å². The highest BCUT2D eigenvalue weighted by atomic mass is 15.2. The van der Waals surface area contributed by atoms with E-state index in [0.29, 0.717) is 0 Å². The molecule has 0 aromatic rings. The van der Waals surface area contributed by atoms with E-state index in [0.717, 1.165) is 12.5 Å². The monoisotopic (exact) mass is 154 g/mol. The first-order chi connectivity index (χ1) is 5.21. The van der Waals surface area contributed by atoms with Gasteiger partial charge in [-0.3, -0.25) is 0 Å². The quantitative estimate of drug-likeness (QED) is 0.559. The van der Waals surface area contributed by atoms with E-state index in [1.807, 2.05) is 0 Å². The van der Waals surface area contributed by atoms with Crippen LogP contribution >= 0.6 is 0 Å². The Hall–Kier alpha value is -0.0800. The smallest absolute Gasteiger partial charge is 0.0324 e. The van der Waals surface area contributed by atoms with Gasteiger partial charge in [0, 0.05) is 18.6 Å². The van der Waals surface area contributed by atoms with E-state index in [9.17, 15) is 0 Å². The predicted octanol–water partition coefficient (Wildman–Crippen LogP) is 0.820. The molecule has 1 saturated heterocycles. The summed E-state index contributed by atoms with van der Waals surface area (Å²) < 4.78 is 0. The highest BCUT2D eigenvalue weighted by Crippen LogP contribution is 2.36. The largest absolute Gasteiger partial charge is 0.324 e.